The highest BCUT2D eigenvalue weighted by Crippen LogP contribution is 2.40. The molecule has 0 aromatic heterocycles. The second-order valence-corrected chi connectivity index (χ2v) is 6.31. The SMILES string of the molecule is CCCCCCCCc1c(C)cccc1OP(=O)(O)O. The fraction of sp³-hybridized carbons (Fsp3) is 0.600. The highest BCUT2D eigenvalue weighted by atomic mass is 31.2. The number of hydrogen-bond acceptors (Lipinski definition) is 2. The van der Waals surface area contributed by atoms with Gasteiger partial charge in [-0.3, -0.25) is 9.79 Å². The van der Waals surface area contributed by atoms with Crippen molar-refractivity contribution in [1.82, 2.24) is 0 Å². The Labute approximate surface area is 121 Å². The minimum atomic E-state index is -4.49. The quantitative estimate of drug-likeness (QED) is 0.525. The lowest BCUT2D eigenvalue weighted by molar-refractivity contribution is 0.282. The average molecular weight is 300 g/mol. The molecule has 0 radical (unpaired) electrons. The van der Waals surface area contributed by atoms with Gasteiger partial charge in [0.1, 0.15) is 5.75 Å². The second kappa shape index (κ2) is 8.46. The molecular formula is C15H25O4P. The maximum absolute atomic E-state index is 11.0. The molecule has 0 heterocycles. The summed E-state index contributed by atoms with van der Waals surface area (Å²) in [5.74, 6) is 0.312. The number of rotatable bonds is 9. The number of aryl methyl sites for hydroxylation is 1. The maximum atomic E-state index is 11.0. The third-order valence-electron chi connectivity index (χ3n) is 3.36. The van der Waals surface area contributed by atoms with Crippen LogP contribution < -0.4 is 4.52 Å². The highest BCUT2D eigenvalue weighted by molar-refractivity contribution is 7.46. The normalized spacial score (nSPS) is 11.6. The molecule has 114 valence electrons. The van der Waals surface area contributed by atoms with Gasteiger partial charge >= 0.3 is 7.82 Å². The first-order valence-electron chi connectivity index (χ1n) is 7.27. The summed E-state index contributed by atoms with van der Waals surface area (Å²) in [5.41, 5.74) is 1.93. The summed E-state index contributed by atoms with van der Waals surface area (Å²) in [6.45, 7) is 4.14. The standard InChI is InChI=1S/C15H25O4P/c1-3-4-5-6-7-8-11-14-13(2)10-9-12-15(14)19-20(16,17)18/h9-10,12H,3-8,11H2,1-2H3,(H2,16,17,18). The van der Waals surface area contributed by atoms with E-state index in [0.29, 0.717) is 5.75 Å². The van der Waals surface area contributed by atoms with E-state index in [2.05, 4.69) is 6.92 Å². The Morgan fingerprint density at radius 2 is 1.75 bits per heavy atom. The highest BCUT2D eigenvalue weighted by Gasteiger charge is 2.18. The van der Waals surface area contributed by atoms with E-state index in [-0.39, 0.29) is 0 Å². The van der Waals surface area contributed by atoms with Gasteiger partial charge in [-0.25, -0.2) is 4.57 Å². The molecule has 1 aromatic rings. The van der Waals surface area contributed by atoms with E-state index in [0.717, 1.165) is 30.4 Å². The Kier molecular flexibility index (Phi) is 7.28. The first kappa shape index (κ1) is 17.2. The van der Waals surface area contributed by atoms with Gasteiger partial charge in [0.2, 0.25) is 0 Å². The van der Waals surface area contributed by atoms with Gasteiger partial charge in [-0.1, -0.05) is 51.2 Å². The van der Waals surface area contributed by atoms with Crippen LogP contribution in [0.25, 0.3) is 0 Å². The smallest absolute Gasteiger partial charge is 0.404 e. The molecule has 0 atom stereocenters. The zero-order valence-corrected chi connectivity index (χ0v) is 13.2. The van der Waals surface area contributed by atoms with Gasteiger partial charge in [-0.2, -0.15) is 0 Å². The van der Waals surface area contributed by atoms with Crippen LogP contribution in [0.15, 0.2) is 18.2 Å². The molecule has 1 rings (SSSR count). The van der Waals surface area contributed by atoms with Gasteiger partial charge < -0.3 is 4.52 Å². The first-order chi connectivity index (χ1) is 9.44. The van der Waals surface area contributed by atoms with Gasteiger partial charge in [0.25, 0.3) is 0 Å². The van der Waals surface area contributed by atoms with Crippen molar-refractivity contribution in [3.05, 3.63) is 29.3 Å². The van der Waals surface area contributed by atoms with Gasteiger partial charge in [-0.15, -0.1) is 0 Å². The van der Waals surface area contributed by atoms with Crippen LogP contribution in [-0.4, -0.2) is 9.79 Å². The van der Waals surface area contributed by atoms with Gasteiger partial charge in [0.15, 0.2) is 0 Å². The largest absolute Gasteiger partial charge is 0.524 e. The molecule has 0 aliphatic carbocycles. The van der Waals surface area contributed by atoms with E-state index in [1.165, 1.54) is 25.7 Å². The monoisotopic (exact) mass is 300 g/mol. The molecule has 1 aromatic carbocycles. The number of benzene rings is 1. The van der Waals surface area contributed by atoms with Crippen molar-refractivity contribution in [3.8, 4) is 5.75 Å². The van der Waals surface area contributed by atoms with E-state index in [9.17, 15) is 4.57 Å². The van der Waals surface area contributed by atoms with Crippen molar-refractivity contribution in [2.75, 3.05) is 0 Å². The van der Waals surface area contributed by atoms with Crippen molar-refractivity contribution in [3.63, 3.8) is 0 Å². The Morgan fingerprint density at radius 1 is 1.10 bits per heavy atom. The summed E-state index contributed by atoms with van der Waals surface area (Å²) in [6, 6.07) is 5.32. The zero-order chi connectivity index (χ0) is 15.0. The average Bonchev–Trinajstić information content (AvgIpc) is 2.34. The van der Waals surface area contributed by atoms with Gasteiger partial charge in [-0.05, 0) is 37.0 Å². The Morgan fingerprint density at radius 3 is 2.40 bits per heavy atom. The molecule has 0 amide bonds. The Balaban J connectivity index is 2.57. The molecule has 2 N–H and O–H groups in total. The number of hydrogen-bond donors (Lipinski definition) is 2. The Bertz CT molecular complexity index is 453. The lowest BCUT2D eigenvalue weighted by Crippen LogP contribution is -1.98. The van der Waals surface area contributed by atoms with Crippen molar-refractivity contribution in [2.24, 2.45) is 0 Å². The summed E-state index contributed by atoms with van der Waals surface area (Å²) in [5, 5.41) is 0. The summed E-state index contributed by atoms with van der Waals surface area (Å²) in [6.07, 6.45) is 7.95. The van der Waals surface area contributed by atoms with E-state index >= 15 is 0 Å². The number of unbranched alkanes of at least 4 members (excludes halogenated alkanes) is 5. The fourth-order valence-electron chi connectivity index (χ4n) is 2.29. The summed E-state index contributed by atoms with van der Waals surface area (Å²) in [7, 11) is -4.49. The van der Waals surface area contributed by atoms with Crippen LogP contribution in [0.1, 0.15) is 56.6 Å². The predicted molar refractivity (Wildman–Crippen MR) is 80.9 cm³/mol. The molecule has 4 nitrogen and oxygen atoms in total. The molecule has 0 fully saturated rings. The van der Waals surface area contributed by atoms with Crippen LogP contribution in [0.5, 0.6) is 5.75 Å². The second-order valence-electron chi connectivity index (χ2n) is 5.15. The number of phosphoric ester groups is 1. The Hall–Kier alpha value is -0.830. The molecule has 0 bridgehead atoms. The van der Waals surface area contributed by atoms with E-state index in [1.807, 2.05) is 13.0 Å². The minimum Gasteiger partial charge on any atom is -0.404 e. The van der Waals surface area contributed by atoms with Crippen LogP contribution in [0.2, 0.25) is 0 Å². The number of phosphoric acid groups is 1. The molecule has 0 aliphatic heterocycles. The van der Waals surface area contributed by atoms with Crippen molar-refractivity contribution < 1.29 is 18.9 Å². The topological polar surface area (TPSA) is 66.8 Å². The molecule has 0 saturated carbocycles. The summed E-state index contributed by atoms with van der Waals surface area (Å²) in [4.78, 5) is 17.9. The third kappa shape index (κ3) is 6.56. The van der Waals surface area contributed by atoms with E-state index in [4.69, 9.17) is 14.3 Å². The van der Waals surface area contributed by atoms with Crippen LogP contribution in [0, 0.1) is 6.92 Å². The van der Waals surface area contributed by atoms with Crippen LogP contribution >= 0.6 is 7.82 Å². The van der Waals surface area contributed by atoms with Crippen LogP contribution in [-0.2, 0) is 11.0 Å². The van der Waals surface area contributed by atoms with Crippen LogP contribution in [0.3, 0.4) is 0 Å². The van der Waals surface area contributed by atoms with E-state index < -0.39 is 7.82 Å². The van der Waals surface area contributed by atoms with Crippen LogP contribution in [0.4, 0.5) is 0 Å². The van der Waals surface area contributed by atoms with Crippen molar-refractivity contribution in [2.45, 2.75) is 58.8 Å². The van der Waals surface area contributed by atoms with Gasteiger partial charge in [0.05, 0.1) is 0 Å². The fourth-order valence-corrected chi connectivity index (χ4v) is 2.72. The molecule has 0 aliphatic rings. The lowest BCUT2D eigenvalue weighted by atomic mass is 10.0. The minimum absolute atomic E-state index is 0.312. The summed E-state index contributed by atoms with van der Waals surface area (Å²) < 4.78 is 15.8. The third-order valence-corrected chi connectivity index (χ3v) is 3.80. The van der Waals surface area contributed by atoms with Crippen molar-refractivity contribution >= 4 is 7.82 Å². The molecule has 0 spiro atoms. The summed E-state index contributed by atoms with van der Waals surface area (Å²) >= 11 is 0. The maximum Gasteiger partial charge on any atom is 0.524 e. The van der Waals surface area contributed by atoms with Crippen molar-refractivity contribution in [1.29, 1.82) is 0 Å². The first-order valence-corrected chi connectivity index (χ1v) is 8.80. The lowest BCUT2D eigenvalue weighted by Gasteiger charge is -2.14. The molecule has 0 saturated heterocycles. The molecular weight excluding hydrogens is 275 g/mol. The molecule has 20 heavy (non-hydrogen) atoms. The molecule has 5 heteroatoms. The predicted octanol–water partition coefficient (Wildman–Crippen LogP) is 4.37. The van der Waals surface area contributed by atoms with Gasteiger partial charge in [0, 0.05) is 0 Å². The van der Waals surface area contributed by atoms with E-state index in [1.54, 1.807) is 12.1 Å². The zero-order valence-electron chi connectivity index (χ0n) is 12.3. The molecule has 0 unspecified atom stereocenters.